The van der Waals surface area contributed by atoms with E-state index in [0.717, 1.165) is 0 Å². The van der Waals surface area contributed by atoms with Crippen molar-refractivity contribution in [3.63, 3.8) is 0 Å². The molecule has 6 heteroatoms. The fraction of sp³-hybridized carbons (Fsp3) is 0.417. The second-order valence-electron chi connectivity index (χ2n) is 4.20. The van der Waals surface area contributed by atoms with Gasteiger partial charge in [-0.3, -0.25) is 9.78 Å². The maximum absolute atomic E-state index is 11.9. The van der Waals surface area contributed by atoms with E-state index in [9.17, 15) is 9.59 Å². The number of carbonyl (C=O) groups is 2. The lowest BCUT2D eigenvalue weighted by Crippen LogP contribution is -2.39. The van der Waals surface area contributed by atoms with Gasteiger partial charge in [0.05, 0.1) is 17.7 Å². The molecule has 1 heterocycles. The van der Waals surface area contributed by atoms with Crippen LogP contribution in [0.5, 0.6) is 0 Å². The highest BCUT2D eigenvalue weighted by Crippen LogP contribution is 2.21. The van der Waals surface area contributed by atoms with Crippen molar-refractivity contribution in [2.45, 2.75) is 13.0 Å². The Morgan fingerprint density at radius 1 is 1.39 bits per heavy atom. The summed E-state index contributed by atoms with van der Waals surface area (Å²) in [6.45, 7) is 1.68. The van der Waals surface area contributed by atoms with Crippen LogP contribution in [0.4, 0.5) is 4.79 Å². The Kier molecular flexibility index (Phi) is 4.65. The van der Waals surface area contributed by atoms with E-state index in [0.29, 0.717) is 5.69 Å². The Labute approximate surface area is 106 Å². The number of rotatable bonds is 4. The number of hydrogen-bond acceptors (Lipinski definition) is 3. The molecule has 0 aliphatic carbocycles. The van der Waals surface area contributed by atoms with Crippen molar-refractivity contribution in [2.24, 2.45) is 5.92 Å². The lowest BCUT2D eigenvalue weighted by Gasteiger charge is -2.25. The van der Waals surface area contributed by atoms with E-state index in [1.54, 1.807) is 45.4 Å². The first kappa shape index (κ1) is 14.0. The van der Waals surface area contributed by atoms with E-state index in [2.05, 4.69) is 10.3 Å². The molecule has 2 amide bonds. The summed E-state index contributed by atoms with van der Waals surface area (Å²) < 4.78 is 0. The number of nitrogens with one attached hydrogen (secondary N) is 1. The van der Waals surface area contributed by atoms with Crippen molar-refractivity contribution >= 4 is 12.0 Å². The Hall–Kier alpha value is -2.11. The van der Waals surface area contributed by atoms with Crippen LogP contribution in [0, 0.1) is 5.92 Å². The second-order valence-corrected chi connectivity index (χ2v) is 4.20. The third kappa shape index (κ3) is 3.44. The predicted octanol–water partition coefficient (Wildman–Crippen LogP) is 1.11. The predicted molar refractivity (Wildman–Crippen MR) is 66.0 cm³/mol. The third-order valence-electron chi connectivity index (χ3n) is 2.62. The summed E-state index contributed by atoms with van der Waals surface area (Å²) in [6.07, 6.45) is 0.391. The SMILES string of the molecule is C[C@H](C(=O)N(C)C)C(NC(=O)O)c1ccccn1. The molecule has 0 fully saturated rings. The summed E-state index contributed by atoms with van der Waals surface area (Å²) >= 11 is 0. The van der Waals surface area contributed by atoms with E-state index in [1.165, 1.54) is 4.90 Å². The third-order valence-corrected chi connectivity index (χ3v) is 2.62. The van der Waals surface area contributed by atoms with Gasteiger partial charge in [-0.2, -0.15) is 0 Å². The zero-order valence-corrected chi connectivity index (χ0v) is 10.6. The maximum Gasteiger partial charge on any atom is 0.405 e. The molecule has 0 radical (unpaired) electrons. The van der Waals surface area contributed by atoms with Crippen LogP contribution >= 0.6 is 0 Å². The fourth-order valence-corrected chi connectivity index (χ4v) is 1.70. The van der Waals surface area contributed by atoms with Crippen molar-refractivity contribution < 1.29 is 14.7 Å². The van der Waals surface area contributed by atoms with Gasteiger partial charge in [0.1, 0.15) is 0 Å². The zero-order valence-electron chi connectivity index (χ0n) is 10.6. The average molecular weight is 251 g/mol. The largest absolute Gasteiger partial charge is 0.465 e. The van der Waals surface area contributed by atoms with Gasteiger partial charge in [-0.05, 0) is 12.1 Å². The first-order valence-electron chi connectivity index (χ1n) is 5.55. The molecule has 0 aromatic carbocycles. The molecule has 0 spiro atoms. The van der Waals surface area contributed by atoms with Gasteiger partial charge < -0.3 is 15.3 Å². The van der Waals surface area contributed by atoms with E-state index < -0.39 is 18.1 Å². The molecule has 2 atom stereocenters. The van der Waals surface area contributed by atoms with E-state index in [1.807, 2.05) is 0 Å². The van der Waals surface area contributed by atoms with Gasteiger partial charge in [0.25, 0.3) is 0 Å². The van der Waals surface area contributed by atoms with E-state index >= 15 is 0 Å². The first-order valence-corrected chi connectivity index (χ1v) is 5.55. The molecule has 1 aromatic rings. The van der Waals surface area contributed by atoms with E-state index in [-0.39, 0.29) is 5.91 Å². The van der Waals surface area contributed by atoms with Crippen LogP contribution in [-0.2, 0) is 4.79 Å². The molecule has 1 unspecified atom stereocenters. The van der Waals surface area contributed by atoms with E-state index in [4.69, 9.17) is 5.11 Å². The molecular weight excluding hydrogens is 234 g/mol. The molecule has 1 aromatic heterocycles. The lowest BCUT2D eigenvalue weighted by atomic mass is 9.97. The Morgan fingerprint density at radius 2 is 2.06 bits per heavy atom. The number of carboxylic acid groups (broad SMARTS) is 1. The topological polar surface area (TPSA) is 82.5 Å². The smallest absolute Gasteiger partial charge is 0.405 e. The molecule has 2 N–H and O–H groups in total. The van der Waals surface area contributed by atoms with Crippen molar-refractivity contribution in [2.75, 3.05) is 14.1 Å². The summed E-state index contributed by atoms with van der Waals surface area (Å²) in [7, 11) is 3.27. The van der Waals surface area contributed by atoms with Crippen molar-refractivity contribution in [1.82, 2.24) is 15.2 Å². The van der Waals surface area contributed by atoms with Crippen LogP contribution in [0.1, 0.15) is 18.7 Å². The highest BCUT2D eigenvalue weighted by Gasteiger charge is 2.28. The molecule has 0 saturated heterocycles. The van der Waals surface area contributed by atoms with Crippen molar-refractivity contribution in [1.29, 1.82) is 0 Å². The average Bonchev–Trinajstić information content (AvgIpc) is 2.35. The molecule has 0 aliphatic rings. The summed E-state index contributed by atoms with van der Waals surface area (Å²) in [6, 6.07) is 4.53. The number of nitrogens with zero attached hydrogens (tertiary/aromatic N) is 2. The summed E-state index contributed by atoms with van der Waals surface area (Å²) in [5.74, 6) is -0.676. The van der Waals surface area contributed by atoms with Crippen LogP contribution in [0.15, 0.2) is 24.4 Å². The number of aromatic nitrogens is 1. The highest BCUT2D eigenvalue weighted by molar-refractivity contribution is 5.79. The van der Waals surface area contributed by atoms with Gasteiger partial charge in [0, 0.05) is 20.3 Å². The summed E-state index contributed by atoms with van der Waals surface area (Å²) in [4.78, 5) is 28.3. The number of hydrogen-bond donors (Lipinski definition) is 2. The monoisotopic (exact) mass is 251 g/mol. The standard InChI is InChI=1S/C12H17N3O3/c1-8(11(16)15(2)3)10(14-12(17)18)9-6-4-5-7-13-9/h4-8,10,14H,1-3H3,(H,17,18)/t8-,10?/m0/s1. The molecule has 0 aliphatic heterocycles. The van der Waals surface area contributed by atoms with Crippen molar-refractivity contribution in [3.8, 4) is 0 Å². The van der Waals surface area contributed by atoms with Gasteiger partial charge in [0.15, 0.2) is 0 Å². The minimum atomic E-state index is -1.18. The van der Waals surface area contributed by atoms with Gasteiger partial charge in [-0.1, -0.05) is 13.0 Å². The van der Waals surface area contributed by atoms with Gasteiger partial charge >= 0.3 is 6.09 Å². The molecular formula is C12H17N3O3. The molecule has 0 saturated carbocycles. The Bertz CT molecular complexity index is 420. The van der Waals surface area contributed by atoms with Crippen LogP contribution in [0.25, 0.3) is 0 Å². The Morgan fingerprint density at radius 3 is 2.50 bits per heavy atom. The van der Waals surface area contributed by atoms with Gasteiger partial charge in [-0.15, -0.1) is 0 Å². The molecule has 0 bridgehead atoms. The van der Waals surface area contributed by atoms with Crippen LogP contribution in [0.2, 0.25) is 0 Å². The van der Waals surface area contributed by atoms with Crippen molar-refractivity contribution in [3.05, 3.63) is 30.1 Å². The molecule has 98 valence electrons. The fourth-order valence-electron chi connectivity index (χ4n) is 1.70. The summed E-state index contributed by atoms with van der Waals surface area (Å²) in [5, 5.41) is 11.2. The molecule has 18 heavy (non-hydrogen) atoms. The van der Waals surface area contributed by atoms with Crippen LogP contribution in [0.3, 0.4) is 0 Å². The minimum absolute atomic E-state index is 0.153. The number of carbonyl (C=O) groups excluding carboxylic acids is 1. The lowest BCUT2D eigenvalue weighted by molar-refractivity contribution is -0.133. The maximum atomic E-state index is 11.9. The number of amides is 2. The second kappa shape index (κ2) is 6.00. The zero-order chi connectivity index (χ0) is 13.7. The quantitative estimate of drug-likeness (QED) is 0.840. The van der Waals surface area contributed by atoms with Gasteiger partial charge in [-0.25, -0.2) is 4.79 Å². The van der Waals surface area contributed by atoms with Crippen LogP contribution < -0.4 is 5.32 Å². The summed E-state index contributed by atoms with van der Waals surface area (Å²) in [5.41, 5.74) is 0.530. The molecule has 6 nitrogen and oxygen atoms in total. The normalized spacial score (nSPS) is 13.5. The molecule has 1 rings (SSSR count). The minimum Gasteiger partial charge on any atom is -0.465 e. The van der Waals surface area contributed by atoms with Crippen LogP contribution in [-0.4, -0.2) is 41.1 Å². The number of pyridine rings is 1. The first-order chi connectivity index (χ1) is 8.43. The Balaban J connectivity index is 2.99. The highest BCUT2D eigenvalue weighted by atomic mass is 16.4. The van der Waals surface area contributed by atoms with Gasteiger partial charge in [0.2, 0.25) is 5.91 Å².